The molecule has 3 aliphatic heterocycles. The van der Waals surface area contributed by atoms with Crippen LogP contribution in [0.3, 0.4) is 0 Å². The molecule has 0 aromatic rings. The Kier molecular flexibility index (Phi) is 8.09. The van der Waals surface area contributed by atoms with Crippen LogP contribution in [0, 0.1) is 71.0 Å². The summed E-state index contributed by atoms with van der Waals surface area (Å²) in [6.07, 6.45) is 2.01. The SMILES string of the molecule is O=C([O-])C1C2CC3C(OC(=O)C31)C2Br.O=C([O-])C1C2CC3C(OC(=O)C31)C2Br.O=C([O-])C1C2CC3C(OC(=O)C31)C2Br.[Al+3]. The fraction of sp³-hybridized carbons (Fsp3) is 0.778. The molecule has 12 nitrogen and oxygen atoms in total. The quantitative estimate of drug-likeness (QED) is 0.126. The maximum absolute atomic E-state index is 11.4. The fourth-order valence-electron chi connectivity index (χ4n) is 9.88. The van der Waals surface area contributed by atoms with Crippen LogP contribution in [0.2, 0.25) is 0 Å². The summed E-state index contributed by atoms with van der Waals surface area (Å²) in [4.78, 5) is 67.0. The van der Waals surface area contributed by atoms with Crippen molar-refractivity contribution in [3.05, 3.63) is 0 Å². The first-order valence-electron chi connectivity index (χ1n) is 14.0. The number of hydrogen-bond donors (Lipinski definition) is 0. The minimum Gasteiger partial charge on any atom is -0.550 e. The molecule has 6 bridgehead atoms. The number of aliphatic carboxylic acids is 3. The standard InChI is InChI=1S/3C9H9BrO4.Al/c3*10-6-2-1-3-5(4(2)8(11)12)9(13)14-7(3)6;/h3*2-7H,1H2,(H,11,12);/q;;;+3/p-3. The Balaban J connectivity index is 0.000000113. The molecule has 3 saturated heterocycles. The van der Waals surface area contributed by atoms with E-state index >= 15 is 0 Å². The molecule has 9 fully saturated rings. The molecule has 6 saturated carbocycles. The van der Waals surface area contributed by atoms with Crippen molar-refractivity contribution in [3.63, 3.8) is 0 Å². The summed E-state index contributed by atoms with van der Waals surface area (Å²) in [7, 11) is 0. The molecule has 18 atom stereocenters. The Morgan fingerprint density at radius 1 is 0.512 bits per heavy atom. The molecular weight excluding hydrogens is 783 g/mol. The van der Waals surface area contributed by atoms with Gasteiger partial charge in [-0.25, -0.2) is 0 Å². The Bertz CT molecular complexity index is 1150. The van der Waals surface area contributed by atoms with Crippen LogP contribution >= 0.6 is 47.8 Å². The van der Waals surface area contributed by atoms with Crippen molar-refractivity contribution in [2.24, 2.45) is 71.0 Å². The Labute approximate surface area is 280 Å². The van der Waals surface area contributed by atoms with Crippen molar-refractivity contribution in [2.75, 3.05) is 0 Å². The second-order valence-corrected chi connectivity index (χ2v) is 16.0. The second kappa shape index (κ2) is 11.0. The number of ether oxygens (including phenoxy) is 3. The van der Waals surface area contributed by atoms with Gasteiger partial charge in [0.25, 0.3) is 0 Å². The average Bonchev–Trinajstić information content (AvgIpc) is 3.76. The van der Waals surface area contributed by atoms with E-state index in [2.05, 4.69) is 47.8 Å². The number of rotatable bonds is 3. The number of fused-ring (bicyclic) bond motifs is 3. The molecule has 0 amide bonds. The van der Waals surface area contributed by atoms with Gasteiger partial charge >= 0.3 is 35.3 Å². The summed E-state index contributed by atoms with van der Waals surface area (Å²) in [5, 5.41) is 32.8. The molecule has 0 aromatic heterocycles. The number of halogens is 3. The van der Waals surface area contributed by atoms with E-state index in [0.29, 0.717) is 0 Å². The fourth-order valence-corrected chi connectivity index (χ4v) is 13.0. The molecule has 43 heavy (non-hydrogen) atoms. The van der Waals surface area contributed by atoms with Crippen molar-refractivity contribution in [3.8, 4) is 0 Å². The Hall–Kier alpha value is -1.21. The molecule has 9 aliphatic rings. The molecule has 18 unspecified atom stereocenters. The summed E-state index contributed by atoms with van der Waals surface area (Å²) in [6, 6.07) is 0. The van der Waals surface area contributed by atoms with Gasteiger partial charge in [0.2, 0.25) is 0 Å². The van der Waals surface area contributed by atoms with Crippen molar-refractivity contribution < 1.29 is 58.3 Å². The van der Waals surface area contributed by atoms with E-state index in [-0.39, 0.29) is 104 Å². The molecule has 0 spiro atoms. The van der Waals surface area contributed by atoms with Crippen LogP contribution in [0.15, 0.2) is 0 Å². The number of hydrogen-bond acceptors (Lipinski definition) is 12. The molecule has 228 valence electrons. The maximum Gasteiger partial charge on any atom is 3.00 e. The van der Waals surface area contributed by atoms with E-state index in [1.54, 1.807) is 0 Å². The average molecular weight is 807 g/mol. The monoisotopic (exact) mass is 804 g/mol. The van der Waals surface area contributed by atoms with E-state index in [1.807, 2.05) is 0 Å². The van der Waals surface area contributed by atoms with Gasteiger partial charge < -0.3 is 43.9 Å². The van der Waals surface area contributed by atoms with Crippen LogP contribution in [0.4, 0.5) is 0 Å². The third-order valence-electron chi connectivity index (χ3n) is 11.4. The van der Waals surface area contributed by atoms with Crippen LogP contribution in [-0.4, -0.2) is 86.0 Å². The molecule has 0 N–H and O–H groups in total. The maximum atomic E-state index is 11.4. The zero-order valence-electron chi connectivity index (χ0n) is 22.1. The minimum atomic E-state index is -1.11. The van der Waals surface area contributed by atoms with Crippen molar-refractivity contribution in [1.29, 1.82) is 0 Å². The normalized spacial score (nSPS) is 52.4. The molecule has 0 aromatic carbocycles. The van der Waals surface area contributed by atoms with Crippen LogP contribution in [0.5, 0.6) is 0 Å². The van der Waals surface area contributed by atoms with Crippen LogP contribution in [-0.2, 0) is 43.0 Å². The van der Waals surface area contributed by atoms with E-state index in [4.69, 9.17) is 14.2 Å². The van der Waals surface area contributed by atoms with Crippen molar-refractivity contribution in [1.82, 2.24) is 0 Å². The first kappa shape index (κ1) is 31.8. The van der Waals surface area contributed by atoms with E-state index in [1.165, 1.54) is 0 Å². The molecule has 16 heteroatoms. The van der Waals surface area contributed by atoms with Gasteiger partial charge in [-0.05, 0) is 37.0 Å². The predicted octanol–water partition coefficient (Wildman–Crippen LogP) is -2.46. The van der Waals surface area contributed by atoms with Crippen LogP contribution in [0.1, 0.15) is 19.3 Å². The largest absolute Gasteiger partial charge is 3.00 e. The summed E-state index contributed by atoms with van der Waals surface area (Å²) in [5.74, 6) is -7.31. The molecule has 0 radical (unpaired) electrons. The zero-order chi connectivity index (χ0) is 30.1. The topological polar surface area (TPSA) is 199 Å². The summed E-state index contributed by atoms with van der Waals surface area (Å²) >= 11 is 10.2. The minimum absolute atomic E-state index is 0. The third kappa shape index (κ3) is 4.35. The van der Waals surface area contributed by atoms with Crippen LogP contribution in [0.25, 0.3) is 0 Å². The zero-order valence-corrected chi connectivity index (χ0v) is 28.0. The van der Waals surface area contributed by atoms with Gasteiger partial charge in [0.1, 0.15) is 18.3 Å². The molecule has 9 rings (SSSR count). The smallest absolute Gasteiger partial charge is 0.550 e. The number of carboxylic acids is 3. The molecular formula is C27H24AlBr3O12. The van der Waals surface area contributed by atoms with Gasteiger partial charge in [0, 0.05) is 53.4 Å². The van der Waals surface area contributed by atoms with Crippen molar-refractivity contribution >= 4 is 101 Å². The number of alkyl halides is 3. The van der Waals surface area contributed by atoms with Gasteiger partial charge in [-0.2, -0.15) is 0 Å². The summed E-state index contributed by atoms with van der Waals surface area (Å²) < 4.78 is 15.5. The van der Waals surface area contributed by atoms with E-state index in [0.717, 1.165) is 19.3 Å². The van der Waals surface area contributed by atoms with E-state index < -0.39 is 53.4 Å². The second-order valence-electron chi connectivity index (χ2n) is 12.8. The van der Waals surface area contributed by atoms with Crippen molar-refractivity contribution in [2.45, 2.75) is 52.1 Å². The number of esters is 3. The number of carbonyl (C=O) groups excluding carboxylic acids is 6. The van der Waals surface area contributed by atoms with Gasteiger partial charge in [-0.3, -0.25) is 14.4 Å². The predicted molar refractivity (Wildman–Crippen MR) is 144 cm³/mol. The van der Waals surface area contributed by atoms with Gasteiger partial charge in [0.15, 0.2) is 0 Å². The first-order valence-corrected chi connectivity index (χ1v) is 16.7. The van der Waals surface area contributed by atoms with Crippen LogP contribution < -0.4 is 15.3 Å². The molecule has 3 heterocycles. The van der Waals surface area contributed by atoms with E-state index in [9.17, 15) is 44.1 Å². The number of carboxylic acid groups (broad SMARTS) is 3. The Morgan fingerprint density at radius 3 is 0.953 bits per heavy atom. The van der Waals surface area contributed by atoms with Gasteiger partial charge in [0.05, 0.1) is 32.2 Å². The van der Waals surface area contributed by atoms with Gasteiger partial charge in [-0.1, -0.05) is 47.8 Å². The molecule has 6 aliphatic carbocycles. The first-order chi connectivity index (χ1) is 19.8. The number of carbonyl (C=O) groups is 6. The summed E-state index contributed by atoms with van der Waals surface area (Å²) in [5.41, 5.74) is 0. The third-order valence-corrected chi connectivity index (χ3v) is 15.0. The van der Waals surface area contributed by atoms with Gasteiger partial charge in [-0.15, -0.1) is 0 Å². The Morgan fingerprint density at radius 2 is 0.744 bits per heavy atom. The summed E-state index contributed by atoms with van der Waals surface area (Å²) in [6.45, 7) is 0.